The van der Waals surface area contributed by atoms with Crippen molar-refractivity contribution in [2.75, 3.05) is 7.11 Å². The molecule has 0 saturated heterocycles. The first-order valence-electron chi connectivity index (χ1n) is 3.54. The number of terminal acetylenes is 1. The maximum atomic E-state index is 10.5. The fourth-order valence-corrected chi connectivity index (χ4v) is 1.39. The van der Waals surface area contributed by atoms with Gasteiger partial charge in [-0.2, -0.15) is 0 Å². The zero-order chi connectivity index (χ0) is 11.1. The second-order valence-electron chi connectivity index (χ2n) is 2.16. The summed E-state index contributed by atoms with van der Waals surface area (Å²) in [4.78, 5) is 10.5. The Hall–Kier alpha value is -1.22. The van der Waals surface area contributed by atoms with Crippen molar-refractivity contribution in [2.45, 2.75) is 0 Å². The fourth-order valence-electron chi connectivity index (χ4n) is 0.812. The maximum Gasteiger partial charge on any atom is 0.161 e. The average molecular weight is 304 g/mol. The molecule has 1 aromatic rings. The highest BCUT2D eigenvalue weighted by molar-refractivity contribution is 14.1. The molecule has 0 atom stereocenters. The molecule has 0 saturated carbocycles. The predicted molar refractivity (Wildman–Crippen MR) is 62.7 cm³/mol. The molecular formula is C10H9IO3. The van der Waals surface area contributed by atoms with Gasteiger partial charge in [-0.15, -0.1) is 12.8 Å². The third-order valence-corrected chi connectivity index (χ3v) is 2.36. The van der Waals surface area contributed by atoms with Gasteiger partial charge < -0.3 is 9.84 Å². The Balaban J connectivity index is 0.000000791. The van der Waals surface area contributed by atoms with E-state index in [9.17, 15) is 9.90 Å². The van der Waals surface area contributed by atoms with Gasteiger partial charge in [-0.3, -0.25) is 4.79 Å². The van der Waals surface area contributed by atoms with Gasteiger partial charge in [0.25, 0.3) is 0 Å². The van der Waals surface area contributed by atoms with E-state index < -0.39 is 0 Å². The summed E-state index contributed by atoms with van der Waals surface area (Å²) in [5, 5.41) is 9.27. The number of phenolic OH excluding ortho intramolecular Hbond substituents is 1. The van der Waals surface area contributed by atoms with Gasteiger partial charge in [-0.25, -0.2) is 0 Å². The smallest absolute Gasteiger partial charge is 0.161 e. The summed E-state index contributed by atoms with van der Waals surface area (Å²) < 4.78 is 5.54. The minimum Gasteiger partial charge on any atom is -0.504 e. The third-order valence-electron chi connectivity index (χ3n) is 1.43. The second-order valence-corrected chi connectivity index (χ2v) is 3.33. The Morgan fingerprint density at radius 1 is 1.50 bits per heavy atom. The van der Waals surface area contributed by atoms with Gasteiger partial charge in [-0.05, 0) is 34.7 Å². The van der Waals surface area contributed by atoms with Crippen molar-refractivity contribution in [3.8, 4) is 24.3 Å². The van der Waals surface area contributed by atoms with Crippen LogP contribution in [0, 0.1) is 16.4 Å². The quantitative estimate of drug-likeness (QED) is 0.517. The van der Waals surface area contributed by atoms with Crippen LogP contribution in [0.4, 0.5) is 0 Å². The van der Waals surface area contributed by atoms with E-state index in [0.717, 1.165) is 6.29 Å². The molecule has 0 aliphatic rings. The van der Waals surface area contributed by atoms with Gasteiger partial charge >= 0.3 is 0 Å². The Morgan fingerprint density at radius 3 is 2.50 bits per heavy atom. The first-order chi connectivity index (χ1) is 6.69. The lowest BCUT2D eigenvalue weighted by Gasteiger charge is -2.04. The van der Waals surface area contributed by atoms with Gasteiger partial charge in [0.15, 0.2) is 17.8 Å². The summed E-state index contributed by atoms with van der Waals surface area (Å²) in [7, 11) is 1.44. The van der Waals surface area contributed by atoms with E-state index in [1.54, 1.807) is 0 Å². The Morgan fingerprint density at radius 2 is 2.07 bits per heavy atom. The van der Waals surface area contributed by atoms with Gasteiger partial charge in [0.2, 0.25) is 0 Å². The Kier molecular flexibility index (Phi) is 5.72. The lowest BCUT2D eigenvalue weighted by molar-refractivity contribution is 0.112. The van der Waals surface area contributed by atoms with Gasteiger partial charge in [0, 0.05) is 9.13 Å². The molecule has 0 fully saturated rings. The van der Waals surface area contributed by atoms with E-state index in [0.29, 0.717) is 14.9 Å². The largest absolute Gasteiger partial charge is 0.504 e. The zero-order valence-corrected chi connectivity index (χ0v) is 9.69. The van der Waals surface area contributed by atoms with Crippen LogP contribution in [0.25, 0.3) is 0 Å². The van der Waals surface area contributed by atoms with Crippen LogP contribution in [0.2, 0.25) is 0 Å². The number of rotatable bonds is 2. The molecule has 1 rings (SSSR count). The number of phenols is 1. The van der Waals surface area contributed by atoms with E-state index in [-0.39, 0.29) is 5.75 Å². The predicted octanol–water partition coefficient (Wildman–Crippen LogP) is 2.07. The molecule has 0 heterocycles. The van der Waals surface area contributed by atoms with Crippen LogP contribution in [0.5, 0.6) is 11.5 Å². The summed E-state index contributed by atoms with van der Waals surface area (Å²) in [6.07, 6.45) is 8.73. The molecule has 0 aliphatic carbocycles. The highest BCUT2D eigenvalue weighted by Crippen LogP contribution is 2.29. The number of hydrogen-bond acceptors (Lipinski definition) is 3. The zero-order valence-electron chi connectivity index (χ0n) is 7.53. The fraction of sp³-hybridized carbons (Fsp3) is 0.100. The number of methoxy groups -OCH3 is 1. The lowest BCUT2D eigenvalue weighted by Crippen LogP contribution is -1.90. The number of carbonyl (C=O) groups excluding carboxylic acids is 1. The van der Waals surface area contributed by atoms with Crippen LogP contribution in [-0.2, 0) is 0 Å². The molecule has 4 heteroatoms. The van der Waals surface area contributed by atoms with E-state index in [4.69, 9.17) is 4.74 Å². The molecule has 0 aliphatic heterocycles. The second kappa shape index (κ2) is 6.27. The highest BCUT2D eigenvalue weighted by Gasteiger charge is 2.06. The molecule has 0 amide bonds. The van der Waals surface area contributed by atoms with E-state index in [2.05, 4.69) is 12.8 Å². The minimum atomic E-state index is 0.0486. The lowest BCUT2D eigenvalue weighted by atomic mass is 10.2. The molecule has 0 spiro atoms. The third kappa shape index (κ3) is 2.92. The van der Waals surface area contributed by atoms with Gasteiger partial charge in [0.05, 0.1) is 7.11 Å². The van der Waals surface area contributed by atoms with Gasteiger partial charge in [-0.1, -0.05) is 0 Å². The average Bonchev–Trinajstić information content (AvgIpc) is 2.21. The van der Waals surface area contributed by atoms with E-state index in [1.807, 2.05) is 22.6 Å². The van der Waals surface area contributed by atoms with Crippen molar-refractivity contribution < 1.29 is 14.6 Å². The van der Waals surface area contributed by atoms with Crippen LogP contribution in [0.1, 0.15) is 10.4 Å². The summed E-state index contributed by atoms with van der Waals surface area (Å²) in [5.74, 6) is 0.366. The molecule has 0 aromatic heterocycles. The van der Waals surface area contributed by atoms with Crippen LogP contribution >= 0.6 is 22.6 Å². The molecule has 0 bridgehead atoms. The molecular weight excluding hydrogens is 295 g/mol. The van der Waals surface area contributed by atoms with Crippen LogP contribution in [-0.4, -0.2) is 18.5 Å². The van der Waals surface area contributed by atoms with Crippen molar-refractivity contribution in [1.82, 2.24) is 0 Å². The summed E-state index contributed by atoms with van der Waals surface area (Å²) in [5.41, 5.74) is 0.519. The number of ether oxygens (including phenoxy) is 1. The molecule has 0 radical (unpaired) electrons. The number of benzene rings is 1. The number of carbonyl (C=O) groups is 1. The first kappa shape index (κ1) is 12.8. The summed E-state index contributed by atoms with van der Waals surface area (Å²) in [6, 6.07) is 2.99. The van der Waals surface area contributed by atoms with Crippen LogP contribution in [0.15, 0.2) is 12.1 Å². The summed E-state index contributed by atoms with van der Waals surface area (Å²) >= 11 is 1.97. The molecule has 14 heavy (non-hydrogen) atoms. The topological polar surface area (TPSA) is 46.5 Å². The van der Waals surface area contributed by atoms with Crippen molar-refractivity contribution in [3.63, 3.8) is 0 Å². The van der Waals surface area contributed by atoms with Crippen molar-refractivity contribution in [1.29, 1.82) is 0 Å². The standard InChI is InChI=1S/C8H7IO3.C2H2/c1-12-8-2-5(4-10)6(9)3-7(8)11;1-2/h2-4,11H,1H3;1-2H. The van der Waals surface area contributed by atoms with E-state index >= 15 is 0 Å². The molecule has 3 nitrogen and oxygen atoms in total. The van der Waals surface area contributed by atoms with Crippen LogP contribution in [0.3, 0.4) is 0 Å². The van der Waals surface area contributed by atoms with E-state index in [1.165, 1.54) is 19.2 Å². The number of hydrogen-bond donors (Lipinski definition) is 1. The Labute approximate surface area is 96.2 Å². The monoisotopic (exact) mass is 304 g/mol. The van der Waals surface area contributed by atoms with Crippen molar-refractivity contribution in [3.05, 3.63) is 21.3 Å². The molecule has 0 unspecified atom stereocenters. The normalized spacial score (nSPS) is 8.29. The minimum absolute atomic E-state index is 0.0486. The number of aldehydes is 1. The van der Waals surface area contributed by atoms with Crippen molar-refractivity contribution >= 4 is 28.9 Å². The van der Waals surface area contributed by atoms with Crippen molar-refractivity contribution in [2.24, 2.45) is 0 Å². The first-order valence-corrected chi connectivity index (χ1v) is 4.62. The maximum absolute atomic E-state index is 10.5. The Bertz CT molecular complexity index is 345. The SMILES string of the molecule is C#C.COc1cc(C=O)c(I)cc1O. The highest BCUT2D eigenvalue weighted by atomic mass is 127. The summed E-state index contributed by atoms with van der Waals surface area (Å²) in [6.45, 7) is 0. The number of halogens is 1. The van der Waals surface area contributed by atoms with Gasteiger partial charge in [0.1, 0.15) is 0 Å². The molecule has 1 aromatic carbocycles. The molecule has 74 valence electrons. The number of aromatic hydroxyl groups is 1. The van der Waals surface area contributed by atoms with Crippen LogP contribution < -0.4 is 4.74 Å². The molecule has 1 N–H and O–H groups in total.